The molecule has 1 aromatic carbocycles. The van der Waals surface area contributed by atoms with Crippen molar-refractivity contribution in [1.29, 1.82) is 0 Å². The van der Waals surface area contributed by atoms with E-state index in [1.54, 1.807) is 24.3 Å². The maximum Gasteiger partial charge on any atom is 0.373 e. The number of aromatic nitrogens is 3. The number of carbonyl (C=O) groups excluding carboxylic acids is 1. The average Bonchev–Trinajstić information content (AvgIpc) is 3.37. The molecule has 9 nitrogen and oxygen atoms in total. The van der Waals surface area contributed by atoms with Gasteiger partial charge in [-0.2, -0.15) is 14.9 Å². The first kappa shape index (κ1) is 21.2. The number of ether oxygens (including phenoxy) is 3. The quantitative estimate of drug-likeness (QED) is 0.325. The number of nitrogens with one attached hydrogen (secondary N) is 1. The van der Waals surface area contributed by atoms with E-state index in [0.717, 1.165) is 4.68 Å². The first-order valence-corrected chi connectivity index (χ1v) is 8.81. The summed E-state index contributed by atoms with van der Waals surface area (Å²) in [5.41, 5.74) is 0.550. The molecule has 0 aliphatic rings. The molecule has 0 amide bonds. The van der Waals surface area contributed by atoms with Gasteiger partial charge in [0.05, 0.1) is 20.4 Å². The molecule has 2 aromatic heterocycles. The van der Waals surface area contributed by atoms with Crippen molar-refractivity contribution in [1.82, 2.24) is 14.9 Å². The highest BCUT2D eigenvalue weighted by Crippen LogP contribution is 2.28. The van der Waals surface area contributed by atoms with E-state index in [0.29, 0.717) is 22.8 Å². The molecule has 0 aliphatic carbocycles. The molecule has 2 heterocycles. The third kappa shape index (κ3) is 4.71. The number of benzene rings is 1. The van der Waals surface area contributed by atoms with Crippen molar-refractivity contribution in [2.75, 3.05) is 14.2 Å². The Morgan fingerprint density at radius 3 is 2.83 bits per heavy atom. The number of hydrogen-bond donors (Lipinski definition) is 1. The Balaban J connectivity index is 1.74. The number of carbonyl (C=O) groups is 1. The first-order valence-electron chi connectivity index (χ1n) is 8.40. The molecular weight excluding hydrogens is 422 g/mol. The molecule has 158 valence electrons. The summed E-state index contributed by atoms with van der Waals surface area (Å²) in [6.45, 7) is 0.0444. The molecule has 30 heavy (non-hydrogen) atoms. The van der Waals surface area contributed by atoms with Crippen molar-refractivity contribution in [2.45, 2.75) is 13.0 Å². The number of alkyl halides is 2. The fraction of sp³-hybridized carbons (Fsp3) is 0.222. The van der Waals surface area contributed by atoms with Gasteiger partial charge < -0.3 is 18.6 Å². The summed E-state index contributed by atoms with van der Waals surface area (Å²) in [6, 6.07) is 7.94. The highest BCUT2D eigenvalue weighted by atomic mass is 32.1. The van der Waals surface area contributed by atoms with E-state index in [9.17, 15) is 13.6 Å². The number of furan rings is 1. The minimum Gasteiger partial charge on any atom is -0.493 e. The smallest absolute Gasteiger partial charge is 0.373 e. The molecule has 0 radical (unpaired) electrons. The lowest BCUT2D eigenvalue weighted by Crippen LogP contribution is -2.00. The van der Waals surface area contributed by atoms with Gasteiger partial charge in [-0.1, -0.05) is 0 Å². The molecule has 0 spiro atoms. The van der Waals surface area contributed by atoms with Crippen LogP contribution in [0.5, 0.6) is 11.5 Å². The van der Waals surface area contributed by atoms with Crippen LogP contribution in [0.1, 0.15) is 34.1 Å². The lowest BCUT2D eigenvalue weighted by Gasteiger charge is -2.10. The second-order valence-electron chi connectivity index (χ2n) is 5.70. The van der Waals surface area contributed by atoms with Crippen LogP contribution in [0.2, 0.25) is 0 Å². The zero-order valence-corrected chi connectivity index (χ0v) is 16.6. The molecule has 0 bridgehead atoms. The third-order valence-corrected chi connectivity index (χ3v) is 4.06. The van der Waals surface area contributed by atoms with Gasteiger partial charge >= 0.3 is 5.97 Å². The number of halogens is 2. The van der Waals surface area contributed by atoms with Gasteiger partial charge in [-0.15, -0.1) is 0 Å². The largest absolute Gasteiger partial charge is 0.493 e. The van der Waals surface area contributed by atoms with E-state index in [-0.39, 0.29) is 17.1 Å². The van der Waals surface area contributed by atoms with Crippen LogP contribution < -0.4 is 9.47 Å². The van der Waals surface area contributed by atoms with Crippen molar-refractivity contribution in [2.24, 2.45) is 5.10 Å². The number of esters is 1. The zero-order valence-electron chi connectivity index (χ0n) is 15.8. The Kier molecular flexibility index (Phi) is 6.57. The van der Waals surface area contributed by atoms with Crippen LogP contribution in [-0.4, -0.2) is 41.3 Å². The van der Waals surface area contributed by atoms with Gasteiger partial charge in [-0.05, 0) is 48.1 Å². The maximum atomic E-state index is 12.9. The Morgan fingerprint density at radius 2 is 2.13 bits per heavy atom. The van der Waals surface area contributed by atoms with E-state index in [2.05, 4.69) is 20.0 Å². The predicted molar refractivity (Wildman–Crippen MR) is 103 cm³/mol. The van der Waals surface area contributed by atoms with Crippen molar-refractivity contribution in [3.8, 4) is 11.5 Å². The molecule has 0 aliphatic heterocycles. The van der Waals surface area contributed by atoms with Crippen molar-refractivity contribution in [3.05, 3.63) is 58.0 Å². The Bertz CT molecular complexity index is 1120. The van der Waals surface area contributed by atoms with E-state index in [1.807, 2.05) is 0 Å². The zero-order chi connectivity index (χ0) is 21.7. The van der Waals surface area contributed by atoms with E-state index >= 15 is 0 Å². The monoisotopic (exact) mass is 438 g/mol. The third-order valence-electron chi connectivity index (χ3n) is 3.80. The summed E-state index contributed by atoms with van der Waals surface area (Å²) in [4.78, 5) is 11.4. The van der Waals surface area contributed by atoms with Gasteiger partial charge in [0.25, 0.3) is 6.43 Å². The first-order chi connectivity index (χ1) is 14.4. The van der Waals surface area contributed by atoms with Crippen molar-refractivity contribution >= 4 is 24.4 Å². The molecule has 0 unspecified atom stereocenters. The normalized spacial score (nSPS) is 11.2. The minimum absolute atomic E-state index is 0.0444. The van der Waals surface area contributed by atoms with Crippen LogP contribution in [0.15, 0.2) is 39.9 Å². The van der Waals surface area contributed by atoms with Crippen LogP contribution >= 0.6 is 12.2 Å². The SMILES string of the molecule is COC(=O)c1ccc(COc2ccc(C=Nn3c(C(F)F)n[nH]c3=S)cc2OC)o1. The van der Waals surface area contributed by atoms with Crippen LogP contribution in [0.3, 0.4) is 0 Å². The highest BCUT2D eigenvalue weighted by molar-refractivity contribution is 7.71. The van der Waals surface area contributed by atoms with Crippen LogP contribution in [0.25, 0.3) is 0 Å². The van der Waals surface area contributed by atoms with Gasteiger partial charge in [-0.25, -0.2) is 18.7 Å². The van der Waals surface area contributed by atoms with Gasteiger partial charge in [0.2, 0.25) is 16.4 Å². The number of nitrogens with zero attached hydrogens (tertiary/aromatic N) is 3. The second kappa shape index (κ2) is 9.31. The Labute approximate surface area is 173 Å². The average molecular weight is 438 g/mol. The van der Waals surface area contributed by atoms with E-state index in [1.165, 1.54) is 26.5 Å². The minimum atomic E-state index is -2.83. The summed E-state index contributed by atoms with van der Waals surface area (Å²) in [6.07, 6.45) is -1.50. The van der Waals surface area contributed by atoms with Gasteiger partial charge in [-0.3, -0.25) is 0 Å². The summed E-state index contributed by atoms with van der Waals surface area (Å²) in [5.74, 6) is 0.0816. The number of methoxy groups -OCH3 is 2. The fourth-order valence-electron chi connectivity index (χ4n) is 2.38. The van der Waals surface area contributed by atoms with Crippen LogP contribution in [0, 0.1) is 4.77 Å². The standard InChI is InChI=1S/C18H16F2N4O5S/c1-26-14-7-10(8-21-24-16(15(19)20)22-23-18(24)30)3-5-12(14)28-9-11-4-6-13(29-11)17(25)27-2/h3-8,15H,9H2,1-2H3,(H,23,30). The molecule has 0 saturated heterocycles. The Hall–Kier alpha value is -3.54. The maximum absolute atomic E-state index is 12.9. The second-order valence-corrected chi connectivity index (χ2v) is 6.09. The molecular formula is C18H16F2N4O5S. The van der Waals surface area contributed by atoms with Crippen molar-refractivity contribution in [3.63, 3.8) is 0 Å². The highest BCUT2D eigenvalue weighted by Gasteiger charge is 2.16. The van der Waals surface area contributed by atoms with Crippen LogP contribution in [0.4, 0.5) is 8.78 Å². The topological polar surface area (TPSA) is 104 Å². The molecule has 0 atom stereocenters. The van der Waals surface area contributed by atoms with Gasteiger partial charge in [0, 0.05) is 0 Å². The number of rotatable bonds is 8. The number of aromatic amines is 1. The molecule has 3 aromatic rings. The fourth-order valence-corrected chi connectivity index (χ4v) is 2.57. The summed E-state index contributed by atoms with van der Waals surface area (Å²) in [7, 11) is 2.71. The van der Waals surface area contributed by atoms with Gasteiger partial charge in [0.15, 0.2) is 11.5 Å². The number of H-pyrrole nitrogens is 1. The van der Waals surface area contributed by atoms with Crippen molar-refractivity contribution < 1.29 is 32.2 Å². The molecule has 0 saturated carbocycles. The number of hydrogen-bond acceptors (Lipinski definition) is 8. The summed E-state index contributed by atoms with van der Waals surface area (Å²) < 4.78 is 47.5. The molecule has 12 heteroatoms. The Morgan fingerprint density at radius 1 is 1.33 bits per heavy atom. The van der Waals surface area contributed by atoms with E-state index < -0.39 is 18.2 Å². The van der Waals surface area contributed by atoms with Gasteiger partial charge in [0.1, 0.15) is 12.4 Å². The summed E-state index contributed by atoms with van der Waals surface area (Å²) in [5, 5.41) is 9.66. The molecule has 1 N–H and O–H groups in total. The predicted octanol–water partition coefficient (Wildman–Crippen LogP) is 3.73. The van der Waals surface area contributed by atoms with Crippen LogP contribution in [-0.2, 0) is 11.3 Å². The lowest BCUT2D eigenvalue weighted by molar-refractivity contribution is 0.0561. The molecule has 0 fully saturated rings. The molecule has 3 rings (SSSR count). The lowest BCUT2D eigenvalue weighted by atomic mass is 10.2. The van der Waals surface area contributed by atoms with E-state index in [4.69, 9.17) is 26.1 Å². The summed E-state index contributed by atoms with van der Waals surface area (Å²) >= 11 is 4.90.